The molecule has 2 heterocycles. The van der Waals surface area contributed by atoms with Crippen LogP contribution in [0.3, 0.4) is 0 Å². The van der Waals surface area contributed by atoms with E-state index in [1.807, 2.05) is 6.92 Å². The SMILES string of the molecule is C1CCNC1.CCOc1nnc(N)s1.Cl. The van der Waals surface area contributed by atoms with Crippen molar-refractivity contribution in [1.82, 2.24) is 15.5 Å². The Balaban J connectivity index is 0.000000280. The molecule has 0 aliphatic carbocycles. The van der Waals surface area contributed by atoms with Crippen molar-refractivity contribution in [2.24, 2.45) is 0 Å². The molecule has 1 aliphatic heterocycles. The van der Waals surface area contributed by atoms with Gasteiger partial charge in [-0.15, -0.1) is 17.5 Å². The molecule has 0 aromatic carbocycles. The molecule has 1 aromatic heterocycles. The fourth-order valence-electron chi connectivity index (χ4n) is 1.03. The molecule has 0 saturated carbocycles. The van der Waals surface area contributed by atoms with Crippen molar-refractivity contribution in [3.05, 3.63) is 0 Å². The number of nitrogen functional groups attached to an aromatic ring is 1. The second-order valence-corrected chi connectivity index (χ2v) is 3.77. The number of anilines is 1. The van der Waals surface area contributed by atoms with E-state index in [-0.39, 0.29) is 12.4 Å². The van der Waals surface area contributed by atoms with Gasteiger partial charge in [-0.3, -0.25) is 0 Å². The van der Waals surface area contributed by atoms with E-state index in [1.165, 1.54) is 37.3 Å². The third kappa shape index (κ3) is 6.48. The van der Waals surface area contributed by atoms with Crippen LogP contribution in [0.2, 0.25) is 0 Å². The van der Waals surface area contributed by atoms with E-state index in [9.17, 15) is 0 Å². The van der Waals surface area contributed by atoms with Crippen LogP contribution in [0.1, 0.15) is 19.8 Å². The molecular weight excluding hydrogens is 236 g/mol. The average molecular weight is 253 g/mol. The van der Waals surface area contributed by atoms with Crippen molar-refractivity contribution in [3.8, 4) is 5.19 Å². The minimum Gasteiger partial charge on any atom is -0.469 e. The van der Waals surface area contributed by atoms with Gasteiger partial charge < -0.3 is 15.8 Å². The van der Waals surface area contributed by atoms with Crippen molar-refractivity contribution < 1.29 is 4.74 Å². The number of nitrogens with two attached hydrogens (primary N) is 1. The zero-order valence-corrected chi connectivity index (χ0v) is 10.4. The molecule has 1 aromatic rings. The summed E-state index contributed by atoms with van der Waals surface area (Å²) in [6.07, 6.45) is 2.78. The Labute approximate surface area is 99.8 Å². The van der Waals surface area contributed by atoms with E-state index in [0.717, 1.165) is 0 Å². The van der Waals surface area contributed by atoms with Crippen LogP contribution in [0.5, 0.6) is 5.19 Å². The van der Waals surface area contributed by atoms with Crippen molar-refractivity contribution in [1.29, 1.82) is 0 Å². The molecule has 1 saturated heterocycles. The quantitative estimate of drug-likeness (QED) is 0.830. The van der Waals surface area contributed by atoms with Crippen LogP contribution >= 0.6 is 23.7 Å². The van der Waals surface area contributed by atoms with Crippen molar-refractivity contribution >= 4 is 28.9 Å². The van der Waals surface area contributed by atoms with Crippen molar-refractivity contribution in [2.45, 2.75) is 19.8 Å². The minimum absolute atomic E-state index is 0. The molecule has 15 heavy (non-hydrogen) atoms. The van der Waals surface area contributed by atoms with Crippen LogP contribution in [0, 0.1) is 0 Å². The lowest BCUT2D eigenvalue weighted by atomic mass is 10.4. The van der Waals surface area contributed by atoms with Gasteiger partial charge >= 0.3 is 0 Å². The van der Waals surface area contributed by atoms with E-state index in [1.54, 1.807) is 0 Å². The molecule has 0 unspecified atom stereocenters. The number of aromatic nitrogens is 2. The molecule has 3 N–H and O–H groups in total. The molecule has 1 aliphatic rings. The van der Waals surface area contributed by atoms with Gasteiger partial charge in [0.05, 0.1) is 6.61 Å². The molecule has 0 atom stereocenters. The largest absolute Gasteiger partial charge is 0.469 e. The summed E-state index contributed by atoms with van der Waals surface area (Å²) in [6, 6.07) is 0. The molecular formula is C8H17ClN4OS. The Bertz CT molecular complexity index is 247. The number of ether oxygens (including phenoxy) is 1. The average Bonchev–Trinajstić information content (AvgIpc) is 2.79. The monoisotopic (exact) mass is 252 g/mol. The zero-order chi connectivity index (χ0) is 10.2. The number of halogens is 1. The highest BCUT2D eigenvalue weighted by molar-refractivity contribution is 7.16. The third-order valence-corrected chi connectivity index (χ3v) is 2.31. The number of nitrogens with one attached hydrogen (secondary N) is 1. The maximum atomic E-state index is 5.27. The topological polar surface area (TPSA) is 73.1 Å². The first kappa shape index (κ1) is 14.4. The highest BCUT2D eigenvalue weighted by Gasteiger charge is 1.97. The lowest BCUT2D eigenvalue weighted by Gasteiger charge is -1.90. The van der Waals surface area contributed by atoms with Gasteiger partial charge in [0.1, 0.15) is 0 Å². The summed E-state index contributed by atoms with van der Waals surface area (Å²) in [5.74, 6) is 0. The fraction of sp³-hybridized carbons (Fsp3) is 0.750. The van der Waals surface area contributed by atoms with E-state index < -0.39 is 0 Å². The van der Waals surface area contributed by atoms with Gasteiger partial charge in [0.2, 0.25) is 5.13 Å². The first-order valence-electron chi connectivity index (χ1n) is 4.75. The standard InChI is InChI=1S/C4H7N3OS.C4H9N.ClH/c1-2-8-4-7-6-3(5)9-4;1-2-4-5-3-1;/h2H2,1H3,(H2,5,6);5H,1-4H2;1H. The molecule has 1 fully saturated rings. The maximum absolute atomic E-state index is 5.27. The van der Waals surface area contributed by atoms with Crippen LogP contribution in [-0.4, -0.2) is 29.9 Å². The lowest BCUT2D eigenvalue weighted by molar-refractivity contribution is 0.335. The van der Waals surface area contributed by atoms with Gasteiger partial charge in [0.25, 0.3) is 5.19 Å². The van der Waals surface area contributed by atoms with Gasteiger partial charge in [-0.1, -0.05) is 5.10 Å². The normalized spacial score (nSPS) is 13.7. The van der Waals surface area contributed by atoms with Gasteiger partial charge in [0, 0.05) is 0 Å². The summed E-state index contributed by atoms with van der Waals surface area (Å²) in [5.41, 5.74) is 5.27. The zero-order valence-electron chi connectivity index (χ0n) is 8.73. The molecule has 0 spiro atoms. The van der Waals surface area contributed by atoms with Crippen molar-refractivity contribution in [3.63, 3.8) is 0 Å². The molecule has 2 rings (SSSR count). The summed E-state index contributed by atoms with van der Waals surface area (Å²) in [4.78, 5) is 0. The van der Waals surface area contributed by atoms with E-state index in [2.05, 4.69) is 15.5 Å². The lowest BCUT2D eigenvalue weighted by Crippen LogP contribution is -2.03. The Morgan fingerprint density at radius 1 is 1.40 bits per heavy atom. The van der Waals surface area contributed by atoms with Crippen LogP contribution in [-0.2, 0) is 0 Å². The van der Waals surface area contributed by atoms with E-state index >= 15 is 0 Å². The number of nitrogens with zero attached hydrogens (tertiary/aromatic N) is 2. The van der Waals surface area contributed by atoms with Gasteiger partial charge in [-0.25, -0.2) is 0 Å². The molecule has 5 nitrogen and oxygen atoms in total. The minimum atomic E-state index is 0. The predicted octanol–water partition coefficient (Wildman–Crippen LogP) is 1.31. The second-order valence-electron chi connectivity index (χ2n) is 2.80. The Kier molecular flexibility index (Phi) is 8.35. The molecule has 0 bridgehead atoms. The summed E-state index contributed by atoms with van der Waals surface area (Å²) in [6.45, 7) is 4.99. The summed E-state index contributed by atoms with van der Waals surface area (Å²) in [7, 11) is 0. The number of hydrogen-bond acceptors (Lipinski definition) is 6. The van der Waals surface area contributed by atoms with Crippen LogP contribution in [0.25, 0.3) is 0 Å². The molecule has 0 amide bonds. The van der Waals surface area contributed by atoms with Gasteiger partial charge in [-0.2, -0.15) is 0 Å². The summed E-state index contributed by atoms with van der Waals surface area (Å²) in [5, 5.41) is 11.4. The van der Waals surface area contributed by atoms with E-state index in [4.69, 9.17) is 10.5 Å². The maximum Gasteiger partial charge on any atom is 0.295 e. The first-order chi connectivity index (χ1) is 6.83. The van der Waals surface area contributed by atoms with Crippen LogP contribution in [0.15, 0.2) is 0 Å². The Hall–Kier alpha value is -0.590. The second kappa shape index (κ2) is 8.70. The highest BCUT2D eigenvalue weighted by Crippen LogP contribution is 2.18. The van der Waals surface area contributed by atoms with E-state index in [0.29, 0.717) is 16.9 Å². The van der Waals surface area contributed by atoms with Crippen LogP contribution in [0.4, 0.5) is 5.13 Å². The van der Waals surface area contributed by atoms with Crippen molar-refractivity contribution in [2.75, 3.05) is 25.4 Å². The van der Waals surface area contributed by atoms with Gasteiger partial charge in [-0.05, 0) is 44.2 Å². The molecule has 7 heteroatoms. The smallest absolute Gasteiger partial charge is 0.295 e. The molecule has 88 valence electrons. The Morgan fingerprint density at radius 2 is 2.07 bits per heavy atom. The fourth-order valence-corrected chi connectivity index (χ4v) is 1.55. The Morgan fingerprint density at radius 3 is 2.40 bits per heavy atom. The summed E-state index contributed by atoms with van der Waals surface area (Å²) < 4.78 is 4.99. The number of rotatable bonds is 2. The third-order valence-electron chi connectivity index (χ3n) is 1.65. The predicted molar refractivity (Wildman–Crippen MR) is 64.8 cm³/mol. The van der Waals surface area contributed by atoms with Gasteiger partial charge in [0.15, 0.2) is 0 Å². The van der Waals surface area contributed by atoms with Crippen LogP contribution < -0.4 is 15.8 Å². The highest BCUT2D eigenvalue weighted by atomic mass is 35.5. The number of hydrogen-bond donors (Lipinski definition) is 2. The first-order valence-corrected chi connectivity index (χ1v) is 5.57. The molecule has 0 radical (unpaired) electrons. The summed E-state index contributed by atoms with van der Waals surface area (Å²) >= 11 is 1.25.